The second-order valence-electron chi connectivity index (χ2n) is 4.64. The van der Waals surface area contributed by atoms with E-state index in [1.54, 1.807) is 6.07 Å². The Morgan fingerprint density at radius 1 is 1.47 bits per heavy atom. The smallest absolute Gasteiger partial charge is 0.251 e. The van der Waals surface area contributed by atoms with Gasteiger partial charge in [-0.25, -0.2) is 0 Å². The average Bonchev–Trinajstić information content (AvgIpc) is 2.20. The minimum absolute atomic E-state index is 0.0345. The molecule has 4 heteroatoms. The lowest BCUT2D eigenvalue weighted by Crippen LogP contribution is -2.39. The van der Waals surface area contributed by atoms with Crippen LogP contribution < -0.4 is 5.32 Å². The molecule has 0 fully saturated rings. The maximum Gasteiger partial charge on any atom is 0.251 e. The molecule has 0 spiro atoms. The molecule has 17 heavy (non-hydrogen) atoms. The van der Waals surface area contributed by atoms with E-state index in [2.05, 4.69) is 17.9 Å². The summed E-state index contributed by atoms with van der Waals surface area (Å²) in [4.78, 5) is 14.9. The largest absolute Gasteiger partial charge is 0.348 e. The number of nitrogens with one attached hydrogen (secondary N) is 1. The molecule has 0 bridgehead atoms. The molecule has 0 heterocycles. The van der Waals surface area contributed by atoms with E-state index in [0.717, 1.165) is 17.0 Å². The van der Waals surface area contributed by atoms with Crippen LogP contribution in [0.15, 0.2) is 23.1 Å². The standard InChI is InChI=1S/C13H20N2OS/c1-9-5-6-11(17)7-12(9)13(16)14-10(2)8-15(3)4/h5-7,10,17H,8H2,1-4H3,(H,14,16). The van der Waals surface area contributed by atoms with Gasteiger partial charge in [-0.15, -0.1) is 12.6 Å². The number of nitrogens with zero attached hydrogens (tertiary/aromatic N) is 1. The minimum atomic E-state index is -0.0345. The van der Waals surface area contributed by atoms with E-state index in [9.17, 15) is 4.79 Å². The SMILES string of the molecule is Cc1ccc(S)cc1C(=O)NC(C)CN(C)C. The van der Waals surface area contributed by atoms with Crippen LogP contribution in [-0.4, -0.2) is 37.5 Å². The molecular formula is C13H20N2OS. The van der Waals surface area contributed by atoms with Gasteiger partial charge in [0.2, 0.25) is 0 Å². The molecule has 0 saturated carbocycles. The Hall–Kier alpha value is -1.00. The topological polar surface area (TPSA) is 32.3 Å². The lowest BCUT2D eigenvalue weighted by molar-refractivity contribution is 0.0933. The van der Waals surface area contributed by atoms with E-state index < -0.39 is 0 Å². The van der Waals surface area contributed by atoms with Crippen molar-refractivity contribution in [2.75, 3.05) is 20.6 Å². The second kappa shape index (κ2) is 6.07. The zero-order valence-electron chi connectivity index (χ0n) is 10.8. The van der Waals surface area contributed by atoms with Crippen LogP contribution >= 0.6 is 12.6 Å². The quantitative estimate of drug-likeness (QED) is 0.803. The first-order valence-electron chi connectivity index (χ1n) is 5.65. The summed E-state index contributed by atoms with van der Waals surface area (Å²) in [6.45, 7) is 4.75. The maximum absolute atomic E-state index is 12.0. The van der Waals surface area contributed by atoms with Crippen LogP contribution in [0.3, 0.4) is 0 Å². The van der Waals surface area contributed by atoms with E-state index in [1.807, 2.05) is 45.0 Å². The van der Waals surface area contributed by atoms with Crippen molar-refractivity contribution in [1.29, 1.82) is 0 Å². The Balaban J connectivity index is 2.73. The summed E-state index contributed by atoms with van der Waals surface area (Å²) < 4.78 is 0. The van der Waals surface area contributed by atoms with Crippen LogP contribution in [-0.2, 0) is 0 Å². The third-order valence-corrected chi connectivity index (χ3v) is 2.76. The Bertz CT molecular complexity index is 404. The fourth-order valence-electron chi connectivity index (χ4n) is 1.75. The zero-order valence-corrected chi connectivity index (χ0v) is 11.7. The van der Waals surface area contributed by atoms with Crippen LogP contribution in [0.4, 0.5) is 0 Å². The summed E-state index contributed by atoms with van der Waals surface area (Å²) in [6, 6.07) is 5.73. The lowest BCUT2D eigenvalue weighted by atomic mass is 10.1. The van der Waals surface area contributed by atoms with Crippen molar-refractivity contribution in [3.63, 3.8) is 0 Å². The molecule has 1 amide bonds. The molecule has 3 nitrogen and oxygen atoms in total. The monoisotopic (exact) mass is 252 g/mol. The number of amides is 1. The van der Waals surface area contributed by atoms with Crippen molar-refractivity contribution in [2.24, 2.45) is 0 Å². The first-order chi connectivity index (χ1) is 7.90. The fourth-order valence-corrected chi connectivity index (χ4v) is 1.95. The van der Waals surface area contributed by atoms with Gasteiger partial charge in [-0.2, -0.15) is 0 Å². The van der Waals surface area contributed by atoms with E-state index in [1.165, 1.54) is 0 Å². The summed E-state index contributed by atoms with van der Waals surface area (Å²) in [6.07, 6.45) is 0. The van der Waals surface area contributed by atoms with Crippen LogP contribution in [0.2, 0.25) is 0 Å². The highest BCUT2D eigenvalue weighted by atomic mass is 32.1. The molecule has 1 aromatic carbocycles. The van der Waals surface area contributed by atoms with Gasteiger partial charge in [-0.05, 0) is 45.6 Å². The molecule has 1 aromatic rings. The van der Waals surface area contributed by atoms with Crippen LogP contribution in [0.5, 0.6) is 0 Å². The molecule has 94 valence electrons. The average molecular weight is 252 g/mol. The van der Waals surface area contributed by atoms with Gasteiger partial charge >= 0.3 is 0 Å². The van der Waals surface area contributed by atoms with Gasteiger partial charge in [-0.1, -0.05) is 6.07 Å². The van der Waals surface area contributed by atoms with Gasteiger partial charge in [0.25, 0.3) is 5.91 Å². The molecule has 0 aromatic heterocycles. The second-order valence-corrected chi connectivity index (χ2v) is 5.15. The van der Waals surface area contributed by atoms with Crippen molar-refractivity contribution in [3.8, 4) is 0 Å². The maximum atomic E-state index is 12.0. The summed E-state index contributed by atoms with van der Waals surface area (Å²) in [7, 11) is 3.98. The first kappa shape index (κ1) is 14.1. The van der Waals surface area contributed by atoms with E-state index in [4.69, 9.17) is 0 Å². The van der Waals surface area contributed by atoms with Gasteiger partial charge in [0.15, 0.2) is 0 Å². The summed E-state index contributed by atoms with van der Waals surface area (Å²) in [5.74, 6) is -0.0345. The molecular weight excluding hydrogens is 232 g/mol. The molecule has 0 radical (unpaired) electrons. The first-order valence-corrected chi connectivity index (χ1v) is 6.10. The predicted molar refractivity (Wildman–Crippen MR) is 73.9 cm³/mol. The highest BCUT2D eigenvalue weighted by molar-refractivity contribution is 7.80. The van der Waals surface area contributed by atoms with Crippen LogP contribution in [0, 0.1) is 6.92 Å². The summed E-state index contributed by atoms with van der Waals surface area (Å²) in [5, 5.41) is 2.98. The van der Waals surface area contributed by atoms with Gasteiger partial charge in [0, 0.05) is 23.0 Å². The molecule has 1 N–H and O–H groups in total. The lowest BCUT2D eigenvalue weighted by Gasteiger charge is -2.19. The van der Waals surface area contributed by atoms with E-state index in [0.29, 0.717) is 5.56 Å². The van der Waals surface area contributed by atoms with Crippen LogP contribution in [0.1, 0.15) is 22.8 Å². The highest BCUT2D eigenvalue weighted by Gasteiger charge is 2.12. The van der Waals surface area contributed by atoms with Gasteiger partial charge in [0.1, 0.15) is 0 Å². The number of thiol groups is 1. The zero-order chi connectivity index (χ0) is 13.0. The third kappa shape index (κ3) is 4.40. The number of carbonyl (C=O) groups excluding carboxylic acids is 1. The van der Waals surface area contributed by atoms with Crippen molar-refractivity contribution in [1.82, 2.24) is 10.2 Å². The molecule has 1 unspecified atom stereocenters. The Labute approximate surface area is 109 Å². The summed E-state index contributed by atoms with van der Waals surface area (Å²) >= 11 is 4.25. The fraction of sp³-hybridized carbons (Fsp3) is 0.462. The highest BCUT2D eigenvalue weighted by Crippen LogP contribution is 2.14. The number of carbonyl (C=O) groups is 1. The molecule has 1 atom stereocenters. The Morgan fingerprint density at radius 2 is 2.12 bits per heavy atom. The van der Waals surface area contributed by atoms with Crippen LogP contribution in [0.25, 0.3) is 0 Å². The molecule has 0 aliphatic heterocycles. The van der Waals surface area contributed by atoms with Gasteiger partial charge in [0.05, 0.1) is 0 Å². The number of rotatable bonds is 4. The molecule has 0 saturated heterocycles. The van der Waals surface area contributed by atoms with Crippen molar-refractivity contribution >= 4 is 18.5 Å². The number of hydrogen-bond acceptors (Lipinski definition) is 3. The van der Waals surface area contributed by atoms with E-state index >= 15 is 0 Å². The number of likely N-dealkylation sites (N-methyl/N-ethyl adjacent to an activating group) is 1. The van der Waals surface area contributed by atoms with Crippen molar-refractivity contribution in [3.05, 3.63) is 29.3 Å². The Kier molecular flexibility index (Phi) is 5.02. The molecule has 0 aliphatic carbocycles. The van der Waals surface area contributed by atoms with E-state index in [-0.39, 0.29) is 11.9 Å². The predicted octanol–water partition coefficient (Wildman–Crippen LogP) is 1.96. The molecule has 1 rings (SSSR count). The normalized spacial score (nSPS) is 12.6. The number of benzene rings is 1. The van der Waals surface area contributed by atoms with Gasteiger partial charge < -0.3 is 10.2 Å². The summed E-state index contributed by atoms with van der Waals surface area (Å²) in [5.41, 5.74) is 1.67. The number of aryl methyl sites for hydroxylation is 1. The molecule has 0 aliphatic rings. The third-order valence-electron chi connectivity index (χ3n) is 2.48. The van der Waals surface area contributed by atoms with Crippen molar-refractivity contribution in [2.45, 2.75) is 24.8 Å². The minimum Gasteiger partial charge on any atom is -0.348 e. The van der Waals surface area contributed by atoms with Gasteiger partial charge in [-0.3, -0.25) is 4.79 Å². The number of hydrogen-bond donors (Lipinski definition) is 2. The van der Waals surface area contributed by atoms with Crippen molar-refractivity contribution < 1.29 is 4.79 Å². The Morgan fingerprint density at radius 3 is 2.71 bits per heavy atom.